The quantitative estimate of drug-likeness (QED) is 0.715. The molecule has 1 aromatic heterocycles. The number of hydrogen-bond donors (Lipinski definition) is 1. The third-order valence-electron chi connectivity index (χ3n) is 4.52. The summed E-state index contributed by atoms with van der Waals surface area (Å²) in [6.45, 7) is 0. The van der Waals surface area contributed by atoms with Crippen molar-refractivity contribution in [1.82, 2.24) is 9.78 Å². The van der Waals surface area contributed by atoms with Crippen molar-refractivity contribution >= 4 is 16.7 Å². The molecule has 0 spiro atoms. The van der Waals surface area contributed by atoms with Gasteiger partial charge in [-0.25, -0.2) is 0 Å². The van der Waals surface area contributed by atoms with Gasteiger partial charge in [-0.3, -0.25) is 4.68 Å². The molecule has 2 N–H and O–H groups in total. The van der Waals surface area contributed by atoms with Gasteiger partial charge >= 0.3 is 0 Å². The maximum absolute atomic E-state index is 6.05. The van der Waals surface area contributed by atoms with E-state index in [1.165, 1.54) is 5.56 Å². The zero-order valence-corrected chi connectivity index (χ0v) is 12.4. The molecular weight excluding hydrogens is 270 g/mol. The van der Waals surface area contributed by atoms with Crippen LogP contribution in [-0.2, 0) is 0 Å². The number of allylic oxidation sites excluding steroid dienone is 2. The van der Waals surface area contributed by atoms with Crippen LogP contribution in [0, 0.1) is 0 Å². The molecule has 3 aromatic rings. The summed E-state index contributed by atoms with van der Waals surface area (Å²) in [6.07, 6.45) is 6.82. The number of nitrogen functional groups attached to an aromatic ring is 1. The van der Waals surface area contributed by atoms with Gasteiger partial charge < -0.3 is 5.73 Å². The summed E-state index contributed by atoms with van der Waals surface area (Å²) in [7, 11) is 0. The van der Waals surface area contributed by atoms with E-state index >= 15 is 0 Å². The summed E-state index contributed by atoms with van der Waals surface area (Å²) in [5.74, 6) is 1.13. The van der Waals surface area contributed by atoms with Crippen molar-refractivity contribution in [2.75, 3.05) is 5.73 Å². The average Bonchev–Trinajstić information content (AvgIpc) is 2.93. The first-order valence-corrected chi connectivity index (χ1v) is 7.79. The predicted molar refractivity (Wildman–Crippen MR) is 90.7 cm³/mol. The largest absolute Gasteiger partial charge is 0.382 e. The summed E-state index contributed by atoms with van der Waals surface area (Å²) in [4.78, 5) is 0. The summed E-state index contributed by atoms with van der Waals surface area (Å²) in [5, 5.41) is 5.60. The van der Waals surface area contributed by atoms with Gasteiger partial charge in [0, 0.05) is 11.3 Å². The van der Waals surface area contributed by atoms with Crippen LogP contribution in [0.4, 0.5) is 5.82 Å². The zero-order chi connectivity index (χ0) is 14.9. The molecule has 0 bridgehead atoms. The number of benzene rings is 2. The van der Waals surface area contributed by atoms with Crippen LogP contribution in [0.15, 0.2) is 66.7 Å². The van der Waals surface area contributed by atoms with Crippen molar-refractivity contribution in [3.63, 3.8) is 0 Å². The first-order valence-electron chi connectivity index (χ1n) is 7.79. The van der Waals surface area contributed by atoms with Gasteiger partial charge in [0.15, 0.2) is 5.82 Å². The summed E-state index contributed by atoms with van der Waals surface area (Å²) >= 11 is 0. The van der Waals surface area contributed by atoms with E-state index in [0.717, 1.165) is 23.7 Å². The lowest BCUT2D eigenvalue weighted by atomic mass is 9.87. The molecule has 2 atom stereocenters. The van der Waals surface area contributed by atoms with Crippen LogP contribution in [0.5, 0.6) is 0 Å². The lowest BCUT2D eigenvalue weighted by Crippen LogP contribution is -2.14. The highest BCUT2D eigenvalue weighted by atomic mass is 15.3. The van der Waals surface area contributed by atoms with Crippen molar-refractivity contribution in [1.29, 1.82) is 0 Å². The topological polar surface area (TPSA) is 43.8 Å². The second-order valence-corrected chi connectivity index (χ2v) is 5.89. The normalized spacial score (nSPS) is 21.3. The Morgan fingerprint density at radius 3 is 2.45 bits per heavy atom. The van der Waals surface area contributed by atoms with E-state index in [0.29, 0.717) is 17.8 Å². The van der Waals surface area contributed by atoms with E-state index in [9.17, 15) is 0 Å². The Hall–Kier alpha value is -2.55. The number of hydrogen-bond acceptors (Lipinski definition) is 2. The molecule has 4 rings (SSSR count). The third kappa shape index (κ3) is 2.19. The third-order valence-corrected chi connectivity index (χ3v) is 4.52. The van der Waals surface area contributed by atoms with Crippen LogP contribution in [0.2, 0.25) is 0 Å². The van der Waals surface area contributed by atoms with Crippen molar-refractivity contribution in [3.8, 4) is 0 Å². The Morgan fingerprint density at radius 1 is 0.909 bits per heavy atom. The molecule has 2 aromatic carbocycles. The van der Waals surface area contributed by atoms with Gasteiger partial charge in [0.05, 0.1) is 11.6 Å². The zero-order valence-electron chi connectivity index (χ0n) is 12.4. The number of anilines is 1. The van der Waals surface area contributed by atoms with Crippen LogP contribution in [0.25, 0.3) is 10.9 Å². The molecule has 0 amide bonds. The average molecular weight is 289 g/mol. The monoisotopic (exact) mass is 289 g/mol. The van der Waals surface area contributed by atoms with E-state index in [1.807, 2.05) is 18.2 Å². The molecule has 110 valence electrons. The van der Waals surface area contributed by atoms with Crippen LogP contribution in [0.1, 0.15) is 30.4 Å². The number of rotatable bonds is 2. The number of para-hydroxylation sites is 1. The highest BCUT2D eigenvalue weighted by Gasteiger charge is 2.20. The van der Waals surface area contributed by atoms with E-state index < -0.39 is 0 Å². The first kappa shape index (κ1) is 13.1. The Morgan fingerprint density at radius 2 is 1.68 bits per heavy atom. The fraction of sp³-hybridized carbons (Fsp3) is 0.211. The van der Waals surface area contributed by atoms with Crippen molar-refractivity contribution in [3.05, 3.63) is 72.3 Å². The maximum atomic E-state index is 6.05. The molecule has 1 aliphatic carbocycles. The second-order valence-electron chi connectivity index (χ2n) is 5.89. The Labute approximate surface area is 130 Å². The van der Waals surface area contributed by atoms with Gasteiger partial charge in [-0.05, 0) is 30.5 Å². The summed E-state index contributed by atoms with van der Waals surface area (Å²) in [5.41, 5.74) is 8.56. The number of nitrogens with zero attached hydrogens (tertiary/aromatic N) is 2. The molecule has 3 heteroatoms. The van der Waals surface area contributed by atoms with Gasteiger partial charge in [-0.2, -0.15) is 5.10 Å². The highest BCUT2D eigenvalue weighted by Crippen LogP contribution is 2.34. The standard InChI is InChI=1S/C19H19N3/c20-19-17-8-4-5-9-18(17)22(21-19)16-12-10-15(11-13-16)14-6-2-1-3-7-14/h1-10,12,15-16H,11,13H2,(H2,20,21). The molecule has 0 radical (unpaired) electrons. The fourth-order valence-corrected chi connectivity index (χ4v) is 3.35. The SMILES string of the molecule is Nc1nn(C2C=CC(c3ccccc3)CC2)c2ccccc12. The fourth-order valence-electron chi connectivity index (χ4n) is 3.35. The molecule has 22 heavy (non-hydrogen) atoms. The van der Waals surface area contributed by atoms with Gasteiger partial charge in [0.1, 0.15) is 0 Å². The minimum Gasteiger partial charge on any atom is -0.382 e. The van der Waals surface area contributed by atoms with Crippen LogP contribution >= 0.6 is 0 Å². The minimum atomic E-state index is 0.294. The molecule has 0 aliphatic heterocycles. The molecule has 1 heterocycles. The number of fused-ring (bicyclic) bond motifs is 1. The molecule has 0 saturated carbocycles. The molecule has 3 nitrogen and oxygen atoms in total. The molecule has 0 saturated heterocycles. The molecule has 0 fully saturated rings. The lowest BCUT2D eigenvalue weighted by molar-refractivity contribution is 0.469. The van der Waals surface area contributed by atoms with E-state index in [1.54, 1.807) is 0 Å². The number of aromatic nitrogens is 2. The maximum Gasteiger partial charge on any atom is 0.153 e. The Bertz CT molecular complexity index is 817. The van der Waals surface area contributed by atoms with Crippen molar-refractivity contribution < 1.29 is 0 Å². The van der Waals surface area contributed by atoms with Crippen LogP contribution in [0.3, 0.4) is 0 Å². The first-order chi connectivity index (χ1) is 10.8. The number of nitrogens with two attached hydrogens (primary N) is 1. The van der Waals surface area contributed by atoms with Crippen molar-refractivity contribution in [2.24, 2.45) is 0 Å². The Balaban J connectivity index is 1.65. The van der Waals surface area contributed by atoms with Gasteiger partial charge in [-0.15, -0.1) is 0 Å². The molecule has 2 unspecified atom stereocenters. The second kappa shape index (κ2) is 5.34. The van der Waals surface area contributed by atoms with Crippen LogP contribution < -0.4 is 5.73 Å². The van der Waals surface area contributed by atoms with E-state index in [2.05, 4.69) is 58.3 Å². The van der Waals surface area contributed by atoms with Gasteiger partial charge in [-0.1, -0.05) is 54.6 Å². The summed E-state index contributed by atoms with van der Waals surface area (Å²) < 4.78 is 2.07. The van der Waals surface area contributed by atoms with Crippen molar-refractivity contribution in [2.45, 2.75) is 24.8 Å². The Kier molecular flexibility index (Phi) is 3.19. The van der Waals surface area contributed by atoms with Gasteiger partial charge in [0.2, 0.25) is 0 Å². The molecule has 1 aliphatic rings. The van der Waals surface area contributed by atoms with Crippen LogP contribution in [-0.4, -0.2) is 9.78 Å². The molecular formula is C19H19N3. The predicted octanol–water partition coefficient (Wildman–Crippen LogP) is 4.29. The smallest absolute Gasteiger partial charge is 0.153 e. The van der Waals surface area contributed by atoms with Gasteiger partial charge in [0.25, 0.3) is 0 Å². The lowest BCUT2D eigenvalue weighted by Gasteiger charge is -2.24. The highest BCUT2D eigenvalue weighted by molar-refractivity contribution is 5.89. The van der Waals surface area contributed by atoms with E-state index in [-0.39, 0.29) is 0 Å². The minimum absolute atomic E-state index is 0.294. The summed E-state index contributed by atoms with van der Waals surface area (Å²) in [6, 6.07) is 19.2. The van der Waals surface area contributed by atoms with E-state index in [4.69, 9.17) is 5.73 Å².